The molecule has 106 valence electrons. The molecule has 0 aliphatic heterocycles. The number of nitrogens with two attached hydrogens (primary N) is 1. The first-order chi connectivity index (χ1) is 8.65. The normalized spacial score (nSPS) is 12.4. The minimum atomic E-state index is -3.14. The van der Waals surface area contributed by atoms with Crippen LogP contribution in [0.4, 0.5) is 0 Å². The Morgan fingerprint density at radius 3 is 2.42 bits per heavy atom. The Morgan fingerprint density at radius 2 is 1.89 bits per heavy atom. The van der Waals surface area contributed by atoms with Gasteiger partial charge in [0.1, 0.15) is 0 Å². The largest absolute Gasteiger partial charge is 0.366 e. The summed E-state index contributed by atoms with van der Waals surface area (Å²) < 4.78 is 22.3. The van der Waals surface area contributed by atoms with Crippen LogP contribution in [0.15, 0.2) is 24.3 Å². The molecule has 0 aromatic heterocycles. The molecule has 1 rings (SSSR count). The van der Waals surface area contributed by atoms with Gasteiger partial charge in [-0.3, -0.25) is 4.79 Å². The van der Waals surface area contributed by atoms with Crippen LogP contribution in [0.25, 0.3) is 0 Å². The van der Waals surface area contributed by atoms with E-state index in [0.717, 1.165) is 5.56 Å². The van der Waals surface area contributed by atoms with Crippen molar-refractivity contribution in [3.63, 3.8) is 0 Å². The molecule has 0 saturated carbocycles. The molecule has 0 bridgehead atoms. The summed E-state index contributed by atoms with van der Waals surface area (Å²) in [4.78, 5) is 11.2. The van der Waals surface area contributed by atoms with Crippen molar-refractivity contribution in [1.29, 1.82) is 0 Å². The Balaban J connectivity index is 2.72. The summed E-state index contributed by atoms with van der Waals surface area (Å²) in [5, 5.41) is 3.06. The average molecular weight is 284 g/mol. The summed E-state index contributed by atoms with van der Waals surface area (Å²) in [7, 11) is -3.14. The van der Waals surface area contributed by atoms with E-state index in [1.54, 1.807) is 32.0 Å². The molecule has 6 heteroatoms. The monoisotopic (exact) mass is 284 g/mol. The number of amides is 1. The van der Waals surface area contributed by atoms with Crippen molar-refractivity contribution >= 4 is 15.7 Å². The van der Waals surface area contributed by atoms with Gasteiger partial charge in [0.15, 0.2) is 9.84 Å². The third kappa shape index (κ3) is 4.04. The number of nitrogens with one attached hydrogen (secondary N) is 1. The molecule has 0 saturated heterocycles. The maximum Gasteiger partial charge on any atom is 0.249 e. The summed E-state index contributed by atoms with van der Waals surface area (Å²) in [5.74, 6) is -0.486. The second-order valence-electron chi connectivity index (χ2n) is 5.16. The number of hydrogen-bond acceptors (Lipinski definition) is 4. The van der Waals surface area contributed by atoms with Crippen molar-refractivity contribution in [1.82, 2.24) is 5.32 Å². The van der Waals surface area contributed by atoms with Gasteiger partial charge in [0.25, 0.3) is 0 Å². The van der Waals surface area contributed by atoms with Gasteiger partial charge in [0.05, 0.1) is 4.75 Å². The standard InChI is InChI=1S/C13H20N2O3S/c1-13(2,19(3,17)18)9-15-8-10-6-4-5-7-11(10)12(14)16/h4-7,15H,8-9H2,1-3H3,(H2,14,16). The molecule has 3 N–H and O–H groups in total. The van der Waals surface area contributed by atoms with Crippen molar-refractivity contribution in [2.45, 2.75) is 25.1 Å². The molecule has 0 heterocycles. The Labute approximate surface area is 114 Å². The first kappa shape index (κ1) is 15.7. The molecule has 1 aromatic rings. The van der Waals surface area contributed by atoms with Crippen LogP contribution in [0.2, 0.25) is 0 Å². The lowest BCUT2D eigenvalue weighted by molar-refractivity contribution is 0.0999. The summed E-state index contributed by atoms with van der Waals surface area (Å²) in [6, 6.07) is 7.00. The van der Waals surface area contributed by atoms with E-state index in [-0.39, 0.29) is 0 Å². The summed E-state index contributed by atoms with van der Waals surface area (Å²) in [6.07, 6.45) is 1.21. The molecule has 0 unspecified atom stereocenters. The van der Waals surface area contributed by atoms with Gasteiger partial charge >= 0.3 is 0 Å². The smallest absolute Gasteiger partial charge is 0.249 e. The molecule has 0 fully saturated rings. The highest BCUT2D eigenvalue weighted by Gasteiger charge is 2.29. The lowest BCUT2D eigenvalue weighted by Crippen LogP contribution is -2.41. The zero-order valence-corrected chi connectivity index (χ0v) is 12.3. The van der Waals surface area contributed by atoms with E-state index in [9.17, 15) is 13.2 Å². The highest BCUT2D eigenvalue weighted by atomic mass is 32.2. The maximum absolute atomic E-state index is 11.6. The minimum absolute atomic E-state index is 0.304. The average Bonchev–Trinajstić information content (AvgIpc) is 2.27. The Morgan fingerprint density at radius 1 is 1.32 bits per heavy atom. The number of carbonyl (C=O) groups is 1. The van der Waals surface area contributed by atoms with Crippen molar-refractivity contribution in [3.8, 4) is 0 Å². The molecule has 1 aromatic carbocycles. The van der Waals surface area contributed by atoms with Crippen molar-refractivity contribution in [3.05, 3.63) is 35.4 Å². The van der Waals surface area contributed by atoms with Gasteiger partial charge in [0.2, 0.25) is 5.91 Å². The highest BCUT2D eigenvalue weighted by molar-refractivity contribution is 7.92. The zero-order chi connectivity index (χ0) is 14.7. The van der Waals surface area contributed by atoms with E-state index in [2.05, 4.69) is 5.32 Å². The predicted octanol–water partition coefficient (Wildman–Crippen LogP) is 0.698. The molecule has 0 aliphatic rings. The van der Waals surface area contributed by atoms with E-state index in [0.29, 0.717) is 18.7 Å². The second kappa shape index (κ2) is 5.71. The quantitative estimate of drug-likeness (QED) is 0.804. The van der Waals surface area contributed by atoms with E-state index < -0.39 is 20.5 Å². The van der Waals surface area contributed by atoms with Crippen LogP contribution in [0.5, 0.6) is 0 Å². The second-order valence-corrected chi connectivity index (χ2v) is 7.81. The lowest BCUT2D eigenvalue weighted by atomic mass is 10.1. The van der Waals surface area contributed by atoms with Crippen LogP contribution < -0.4 is 11.1 Å². The van der Waals surface area contributed by atoms with Gasteiger partial charge in [-0.1, -0.05) is 18.2 Å². The fourth-order valence-corrected chi connectivity index (χ4v) is 1.91. The first-order valence-corrected chi connectivity index (χ1v) is 7.82. The SMILES string of the molecule is CC(C)(CNCc1ccccc1C(N)=O)S(C)(=O)=O. The van der Waals surface area contributed by atoms with Crippen LogP contribution >= 0.6 is 0 Å². The number of carbonyl (C=O) groups excluding carboxylic acids is 1. The molecular formula is C13H20N2O3S. The Kier molecular flexibility index (Phi) is 4.70. The van der Waals surface area contributed by atoms with Gasteiger partial charge in [-0.25, -0.2) is 8.42 Å². The van der Waals surface area contributed by atoms with Crippen LogP contribution in [0, 0.1) is 0 Å². The molecule has 0 spiro atoms. The lowest BCUT2D eigenvalue weighted by Gasteiger charge is -2.23. The minimum Gasteiger partial charge on any atom is -0.366 e. The molecular weight excluding hydrogens is 264 g/mol. The molecule has 0 radical (unpaired) electrons. The number of hydrogen-bond donors (Lipinski definition) is 2. The molecule has 19 heavy (non-hydrogen) atoms. The van der Waals surface area contributed by atoms with Gasteiger partial charge in [-0.05, 0) is 25.5 Å². The Bertz CT molecular complexity index is 565. The maximum atomic E-state index is 11.6. The van der Waals surface area contributed by atoms with E-state index in [1.165, 1.54) is 6.26 Å². The molecule has 0 atom stereocenters. The van der Waals surface area contributed by atoms with Crippen molar-refractivity contribution < 1.29 is 13.2 Å². The van der Waals surface area contributed by atoms with Crippen LogP contribution in [-0.2, 0) is 16.4 Å². The summed E-state index contributed by atoms with van der Waals surface area (Å²) in [5.41, 5.74) is 6.49. The van der Waals surface area contributed by atoms with Crippen molar-refractivity contribution in [2.75, 3.05) is 12.8 Å². The third-order valence-electron chi connectivity index (χ3n) is 3.15. The van der Waals surface area contributed by atoms with Gasteiger partial charge in [0, 0.05) is 24.9 Å². The first-order valence-electron chi connectivity index (χ1n) is 5.93. The van der Waals surface area contributed by atoms with Gasteiger partial charge in [-0.15, -0.1) is 0 Å². The zero-order valence-electron chi connectivity index (χ0n) is 11.4. The summed E-state index contributed by atoms with van der Waals surface area (Å²) >= 11 is 0. The molecule has 0 aliphatic carbocycles. The van der Waals surface area contributed by atoms with Gasteiger partial charge in [-0.2, -0.15) is 0 Å². The predicted molar refractivity (Wildman–Crippen MR) is 75.6 cm³/mol. The fraction of sp³-hybridized carbons (Fsp3) is 0.462. The topological polar surface area (TPSA) is 89.3 Å². The highest BCUT2D eigenvalue weighted by Crippen LogP contribution is 2.14. The summed E-state index contributed by atoms with van der Waals surface area (Å²) in [6.45, 7) is 4.03. The van der Waals surface area contributed by atoms with E-state index in [4.69, 9.17) is 5.73 Å². The Hall–Kier alpha value is -1.40. The fourth-order valence-electron chi connectivity index (χ4n) is 1.54. The van der Waals surface area contributed by atoms with Crippen LogP contribution in [0.1, 0.15) is 29.8 Å². The number of sulfone groups is 1. The number of rotatable bonds is 6. The van der Waals surface area contributed by atoms with Crippen LogP contribution in [-0.4, -0.2) is 31.9 Å². The van der Waals surface area contributed by atoms with Gasteiger partial charge < -0.3 is 11.1 Å². The number of primary amides is 1. The van der Waals surface area contributed by atoms with E-state index in [1.807, 2.05) is 6.07 Å². The van der Waals surface area contributed by atoms with E-state index >= 15 is 0 Å². The third-order valence-corrected chi connectivity index (χ3v) is 5.30. The molecule has 5 nitrogen and oxygen atoms in total. The molecule has 1 amide bonds. The van der Waals surface area contributed by atoms with Crippen LogP contribution in [0.3, 0.4) is 0 Å². The van der Waals surface area contributed by atoms with Crippen molar-refractivity contribution in [2.24, 2.45) is 5.73 Å². The number of benzene rings is 1.